The van der Waals surface area contributed by atoms with Crippen LogP contribution in [0.5, 0.6) is 0 Å². The lowest BCUT2D eigenvalue weighted by Gasteiger charge is -2.27. The van der Waals surface area contributed by atoms with Crippen molar-refractivity contribution in [1.29, 1.82) is 0 Å². The molecule has 3 N–H and O–H groups in total. The normalized spacial score (nSPS) is 16.4. The van der Waals surface area contributed by atoms with Gasteiger partial charge in [-0.3, -0.25) is 0 Å². The largest absolute Gasteiger partial charge is 0.370 e. The van der Waals surface area contributed by atoms with Crippen LogP contribution in [0.15, 0.2) is 34.2 Å². The smallest absolute Gasteiger partial charge is 0.241 e. The molecular weight excluding hydrogens is 471 g/mol. The van der Waals surface area contributed by atoms with Crippen molar-refractivity contribution in [2.24, 2.45) is 10.7 Å². The van der Waals surface area contributed by atoms with Crippen LogP contribution >= 0.6 is 35.7 Å². The van der Waals surface area contributed by atoms with Crippen LogP contribution in [-0.4, -0.2) is 49.4 Å². The van der Waals surface area contributed by atoms with Gasteiger partial charge in [-0.25, -0.2) is 18.1 Å². The summed E-state index contributed by atoms with van der Waals surface area (Å²) in [7, 11) is -3.60. The topological polar surface area (TPSA) is 87.8 Å². The molecule has 0 amide bonds. The van der Waals surface area contributed by atoms with Crippen LogP contribution in [0.25, 0.3) is 0 Å². The Labute approximate surface area is 172 Å². The number of nitrogens with one attached hydrogen (secondary N) is 1. The van der Waals surface area contributed by atoms with Gasteiger partial charge >= 0.3 is 0 Å². The van der Waals surface area contributed by atoms with Crippen LogP contribution < -0.4 is 10.5 Å². The first-order valence-electron chi connectivity index (χ1n) is 7.93. The maximum atomic E-state index is 12.6. The molecule has 1 aliphatic rings. The SMILES string of the molecule is CC(C)(C)NS(=O)(=O)c1ccccc1CN=C(N)N1CCSCC1.I. The standard InChI is InChI=1S/C16H26N4O2S2.HI/c1-16(2,3)19-24(21,22)14-7-5-4-6-13(14)12-18-15(17)20-8-10-23-11-9-20;/h4-7,19H,8-12H2,1-3H3,(H2,17,18);1H. The molecule has 6 nitrogen and oxygen atoms in total. The molecular formula is C16H27IN4O2S2. The number of hydrogen-bond donors (Lipinski definition) is 2. The maximum Gasteiger partial charge on any atom is 0.241 e. The van der Waals surface area contributed by atoms with E-state index in [1.165, 1.54) is 0 Å². The lowest BCUT2D eigenvalue weighted by atomic mass is 10.1. The van der Waals surface area contributed by atoms with Crippen LogP contribution in [0.1, 0.15) is 26.3 Å². The molecule has 0 bridgehead atoms. The Kier molecular flexibility index (Phi) is 8.49. The first kappa shape index (κ1) is 22.5. The number of halogens is 1. The monoisotopic (exact) mass is 498 g/mol. The number of guanidine groups is 1. The van der Waals surface area contributed by atoms with E-state index >= 15 is 0 Å². The van der Waals surface area contributed by atoms with Crippen LogP contribution in [0.3, 0.4) is 0 Å². The van der Waals surface area contributed by atoms with E-state index in [4.69, 9.17) is 5.73 Å². The van der Waals surface area contributed by atoms with Gasteiger partial charge in [0.2, 0.25) is 10.0 Å². The van der Waals surface area contributed by atoms with Crippen LogP contribution in [0, 0.1) is 0 Å². The summed E-state index contributed by atoms with van der Waals surface area (Å²) in [6.07, 6.45) is 0. The predicted molar refractivity (Wildman–Crippen MR) is 116 cm³/mol. The summed E-state index contributed by atoms with van der Waals surface area (Å²) in [6, 6.07) is 6.91. The highest BCUT2D eigenvalue weighted by Gasteiger charge is 2.24. The third-order valence-corrected chi connectivity index (χ3v) is 6.25. The number of benzene rings is 1. The van der Waals surface area contributed by atoms with Crippen LogP contribution in [-0.2, 0) is 16.6 Å². The average Bonchev–Trinajstić information content (AvgIpc) is 2.51. The fourth-order valence-corrected chi connectivity index (χ4v) is 4.97. The van der Waals surface area contributed by atoms with Crippen molar-refractivity contribution in [3.05, 3.63) is 29.8 Å². The van der Waals surface area contributed by atoms with Crippen molar-refractivity contribution in [1.82, 2.24) is 9.62 Å². The number of hydrogen-bond acceptors (Lipinski definition) is 4. The molecule has 0 radical (unpaired) electrons. The summed E-state index contributed by atoms with van der Waals surface area (Å²) in [5, 5.41) is 0. The lowest BCUT2D eigenvalue weighted by Crippen LogP contribution is -2.42. The van der Waals surface area contributed by atoms with E-state index in [0.717, 1.165) is 24.6 Å². The molecule has 1 fully saturated rings. The molecule has 0 unspecified atom stereocenters. The summed E-state index contributed by atoms with van der Waals surface area (Å²) in [5.74, 6) is 2.55. The fraction of sp³-hybridized carbons (Fsp3) is 0.562. The van der Waals surface area contributed by atoms with Gasteiger partial charge < -0.3 is 10.6 Å². The molecule has 9 heteroatoms. The summed E-state index contributed by atoms with van der Waals surface area (Å²) in [4.78, 5) is 6.71. The molecule has 25 heavy (non-hydrogen) atoms. The van der Waals surface area contributed by atoms with Gasteiger partial charge in [-0.05, 0) is 32.4 Å². The van der Waals surface area contributed by atoms with Crippen molar-refractivity contribution in [2.75, 3.05) is 24.6 Å². The van der Waals surface area contributed by atoms with Crippen molar-refractivity contribution in [2.45, 2.75) is 37.8 Å². The maximum absolute atomic E-state index is 12.6. The predicted octanol–water partition coefficient (Wildman–Crippen LogP) is 2.24. The van der Waals surface area contributed by atoms with Gasteiger partial charge in [0, 0.05) is 30.1 Å². The Bertz CT molecular complexity index is 696. The lowest BCUT2D eigenvalue weighted by molar-refractivity contribution is 0.455. The number of thioether (sulfide) groups is 1. The zero-order valence-corrected chi connectivity index (χ0v) is 18.8. The highest BCUT2D eigenvalue weighted by atomic mass is 127. The Hall–Kier alpha value is -0.520. The number of nitrogens with zero attached hydrogens (tertiary/aromatic N) is 2. The number of rotatable bonds is 4. The molecule has 1 aromatic rings. The molecule has 1 aliphatic heterocycles. The van der Waals surface area contributed by atoms with E-state index in [1.807, 2.05) is 43.5 Å². The second-order valence-electron chi connectivity index (χ2n) is 6.74. The molecule has 0 aromatic heterocycles. The van der Waals surface area contributed by atoms with Gasteiger partial charge in [0.15, 0.2) is 5.96 Å². The quantitative estimate of drug-likeness (QED) is 0.378. The minimum Gasteiger partial charge on any atom is -0.370 e. The first-order valence-corrected chi connectivity index (χ1v) is 10.6. The molecule has 0 atom stereocenters. The van der Waals surface area contributed by atoms with E-state index in [0.29, 0.717) is 11.5 Å². The van der Waals surface area contributed by atoms with Gasteiger partial charge in [-0.15, -0.1) is 24.0 Å². The molecule has 1 heterocycles. The van der Waals surface area contributed by atoms with Crippen molar-refractivity contribution < 1.29 is 8.42 Å². The zero-order chi connectivity index (χ0) is 17.8. The third-order valence-electron chi connectivity index (χ3n) is 3.45. The van der Waals surface area contributed by atoms with E-state index < -0.39 is 15.6 Å². The summed E-state index contributed by atoms with van der Waals surface area (Å²) in [6.45, 7) is 7.46. The average molecular weight is 498 g/mol. The van der Waals surface area contributed by atoms with Gasteiger partial charge in [0.25, 0.3) is 0 Å². The summed E-state index contributed by atoms with van der Waals surface area (Å²) < 4.78 is 27.9. The molecule has 1 saturated heterocycles. The Balaban J connectivity index is 0.00000312. The van der Waals surface area contributed by atoms with Crippen molar-refractivity contribution in [3.8, 4) is 0 Å². The van der Waals surface area contributed by atoms with E-state index in [-0.39, 0.29) is 35.4 Å². The van der Waals surface area contributed by atoms with Crippen molar-refractivity contribution >= 4 is 51.7 Å². The highest BCUT2D eigenvalue weighted by Crippen LogP contribution is 2.19. The Morgan fingerprint density at radius 3 is 2.48 bits per heavy atom. The molecule has 142 valence electrons. The van der Waals surface area contributed by atoms with Gasteiger partial charge in [-0.1, -0.05) is 18.2 Å². The van der Waals surface area contributed by atoms with E-state index in [1.54, 1.807) is 18.2 Å². The Morgan fingerprint density at radius 2 is 1.88 bits per heavy atom. The minimum absolute atomic E-state index is 0. The zero-order valence-electron chi connectivity index (χ0n) is 14.9. The molecule has 2 rings (SSSR count). The van der Waals surface area contributed by atoms with Gasteiger partial charge in [0.1, 0.15) is 0 Å². The second-order valence-corrected chi connectivity index (χ2v) is 9.61. The van der Waals surface area contributed by atoms with Crippen LogP contribution in [0.4, 0.5) is 0 Å². The van der Waals surface area contributed by atoms with Crippen molar-refractivity contribution in [3.63, 3.8) is 0 Å². The molecule has 0 spiro atoms. The molecule has 1 aromatic carbocycles. The van der Waals surface area contributed by atoms with Crippen LogP contribution in [0.2, 0.25) is 0 Å². The van der Waals surface area contributed by atoms with E-state index in [2.05, 4.69) is 9.71 Å². The highest BCUT2D eigenvalue weighted by molar-refractivity contribution is 14.0. The second kappa shape index (κ2) is 9.43. The summed E-state index contributed by atoms with van der Waals surface area (Å²) >= 11 is 1.90. The first-order chi connectivity index (χ1) is 11.2. The fourth-order valence-electron chi connectivity index (χ4n) is 2.41. The number of nitrogens with two attached hydrogens (primary N) is 1. The Morgan fingerprint density at radius 1 is 1.28 bits per heavy atom. The number of aliphatic imine (C=N–C) groups is 1. The van der Waals surface area contributed by atoms with Gasteiger partial charge in [0.05, 0.1) is 11.4 Å². The number of sulfonamides is 1. The van der Waals surface area contributed by atoms with E-state index in [9.17, 15) is 8.42 Å². The summed E-state index contributed by atoms with van der Waals surface area (Å²) in [5.41, 5.74) is 6.16. The molecule has 0 aliphatic carbocycles. The minimum atomic E-state index is -3.60. The third kappa shape index (κ3) is 6.95. The molecule has 0 saturated carbocycles. The van der Waals surface area contributed by atoms with Gasteiger partial charge in [-0.2, -0.15) is 11.8 Å².